The molecule has 0 bridgehead atoms. The summed E-state index contributed by atoms with van der Waals surface area (Å²) in [6.07, 6.45) is -1.88. The van der Waals surface area contributed by atoms with Crippen LogP contribution in [0.4, 0.5) is 19.1 Å². The SMILES string of the molecule is CC(COCCN1CCN(c2ncc(C(F)(F)F)cn2)CC1=O)Oc1cccc2c(=O)[nH]ncc12. The maximum atomic E-state index is 12.7. The van der Waals surface area contributed by atoms with Crippen molar-refractivity contribution in [3.8, 4) is 5.75 Å². The lowest BCUT2D eigenvalue weighted by atomic mass is 10.2. The van der Waals surface area contributed by atoms with Crippen molar-refractivity contribution in [2.45, 2.75) is 19.2 Å². The molecule has 4 rings (SSSR count). The molecular weight excluding hydrogens is 469 g/mol. The fourth-order valence-electron chi connectivity index (χ4n) is 3.62. The molecule has 3 heterocycles. The fraction of sp³-hybridized carbons (Fsp3) is 0.409. The molecule has 0 spiro atoms. The Hall–Kier alpha value is -3.74. The molecule has 10 nitrogen and oxygen atoms in total. The second-order valence-electron chi connectivity index (χ2n) is 7.99. The molecule has 1 unspecified atom stereocenters. The highest BCUT2D eigenvalue weighted by Crippen LogP contribution is 2.28. The number of carbonyl (C=O) groups excluding carboxylic acids is 1. The minimum atomic E-state index is -4.51. The Kier molecular flexibility index (Phi) is 7.15. The van der Waals surface area contributed by atoms with Gasteiger partial charge in [-0.3, -0.25) is 9.59 Å². The molecule has 1 aliphatic heterocycles. The molecule has 13 heteroatoms. The van der Waals surface area contributed by atoms with Crippen molar-refractivity contribution in [2.24, 2.45) is 0 Å². The van der Waals surface area contributed by atoms with Crippen molar-refractivity contribution < 1.29 is 27.4 Å². The average molecular weight is 492 g/mol. The number of aromatic amines is 1. The number of anilines is 1. The Morgan fingerprint density at radius 2 is 1.89 bits per heavy atom. The van der Waals surface area contributed by atoms with Gasteiger partial charge in [0.2, 0.25) is 11.9 Å². The number of benzene rings is 1. The van der Waals surface area contributed by atoms with E-state index in [4.69, 9.17) is 9.47 Å². The first-order chi connectivity index (χ1) is 16.7. The van der Waals surface area contributed by atoms with Gasteiger partial charge in [-0.15, -0.1) is 0 Å². The predicted molar refractivity (Wildman–Crippen MR) is 119 cm³/mol. The summed E-state index contributed by atoms with van der Waals surface area (Å²) in [5.74, 6) is 0.411. The summed E-state index contributed by atoms with van der Waals surface area (Å²) in [6, 6.07) is 5.16. The van der Waals surface area contributed by atoms with Crippen LogP contribution >= 0.6 is 0 Å². The van der Waals surface area contributed by atoms with Crippen LogP contribution in [0.25, 0.3) is 10.8 Å². The summed E-state index contributed by atoms with van der Waals surface area (Å²) in [4.78, 5) is 35.0. The van der Waals surface area contributed by atoms with Gasteiger partial charge < -0.3 is 19.3 Å². The number of nitrogens with zero attached hydrogens (tertiary/aromatic N) is 5. The number of ether oxygens (including phenoxy) is 2. The zero-order valence-electron chi connectivity index (χ0n) is 18.8. The first-order valence-electron chi connectivity index (χ1n) is 10.8. The summed E-state index contributed by atoms with van der Waals surface area (Å²) in [5, 5.41) is 7.27. The van der Waals surface area contributed by atoms with Gasteiger partial charge >= 0.3 is 6.18 Å². The van der Waals surface area contributed by atoms with Crippen LogP contribution in [0.5, 0.6) is 5.75 Å². The summed E-state index contributed by atoms with van der Waals surface area (Å²) in [5.41, 5.74) is -1.24. The third-order valence-electron chi connectivity index (χ3n) is 5.42. The van der Waals surface area contributed by atoms with Crippen molar-refractivity contribution in [1.82, 2.24) is 25.1 Å². The molecule has 0 aliphatic carbocycles. The van der Waals surface area contributed by atoms with Crippen molar-refractivity contribution in [3.05, 3.63) is 52.7 Å². The minimum Gasteiger partial charge on any atom is -0.488 e. The topological polar surface area (TPSA) is 114 Å². The Labute approximate surface area is 197 Å². The van der Waals surface area contributed by atoms with Crippen LogP contribution < -0.4 is 15.2 Å². The lowest BCUT2D eigenvalue weighted by Crippen LogP contribution is -2.51. The van der Waals surface area contributed by atoms with Gasteiger partial charge in [-0.1, -0.05) is 6.07 Å². The third kappa shape index (κ3) is 5.85. The number of rotatable bonds is 8. The molecule has 0 saturated carbocycles. The lowest BCUT2D eigenvalue weighted by Gasteiger charge is -2.34. The van der Waals surface area contributed by atoms with Gasteiger partial charge in [0.15, 0.2) is 0 Å². The molecular formula is C22H23F3N6O4. The van der Waals surface area contributed by atoms with Crippen LogP contribution in [-0.2, 0) is 15.7 Å². The number of hydrogen-bond acceptors (Lipinski definition) is 8. The molecule has 35 heavy (non-hydrogen) atoms. The van der Waals surface area contributed by atoms with Gasteiger partial charge in [0.25, 0.3) is 5.56 Å². The first-order valence-corrected chi connectivity index (χ1v) is 10.8. The summed E-state index contributed by atoms with van der Waals surface area (Å²) >= 11 is 0. The molecule has 1 amide bonds. The van der Waals surface area contributed by atoms with Gasteiger partial charge in [-0.25, -0.2) is 15.1 Å². The monoisotopic (exact) mass is 492 g/mol. The number of aromatic nitrogens is 4. The minimum absolute atomic E-state index is 0.0286. The molecule has 1 atom stereocenters. The van der Waals surface area contributed by atoms with Gasteiger partial charge in [0, 0.05) is 37.4 Å². The highest BCUT2D eigenvalue weighted by Gasteiger charge is 2.32. The first kappa shape index (κ1) is 24.4. The van der Waals surface area contributed by atoms with E-state index >= 15 is 0 Å². The highest BCUT2D eigenvalue weighted by molar-refractivity contribution is 5.86. The van der Waals surface area contributed by atoms with E-state index < -0.39 is 11.7 Å². The largest absolute Gasteiger partial charge is 0.488 e. The predicted octanol–water partition coefficient (Wildman–Crippen LogP) is 1.86. The Morgan fingerprint density at radius 3 is 2.60 bits per heavy atom. The molecule has 1 aliphatic rings. The lowest BCUT2D eigenvalue weighted by molar-refractivity contribution is -0.138. The quantitative estimate of drug-likeness (QED) is 0.474. The number of amides is 1. The third-order valence-corrected chi connectivity index (χ3v) is 5.42. The van der Waals surface area contributed by atoms with Gasteiger partial charge in [0.05, 0.1) is 36.9 Å². The van der Waals surface area contributed by atoms with Crippen molar-refractivity contribution >= 4 is 22.6 Å². The zero-order chi connectivity index (χ0) is 25.0. The average Bonchev–Trinajstić information content (AvgIpc) is 2.83. The molecule has 1 fully saturated rings. The van der Waals surface area contributed by atoms with E-state index in [-0.39, 0.29) is 43.3 Å². The number of hydrogen-bond donors (Lipinski definition) is 1. The molecule has 1 saturated heterocycles. The maximum absolute atomic E-state index is 12.7. The standard InChI is InChI=1S/C22H23F3N6O4/c1-14(35-18-4-2-3-16-17(18)11-28-29-20(16)33)13-34-8-7-30-5-6-31(12-19(30)32)21-26-9-15(10-27-21)22(23,24)25/h2-4,9-11,14H,5-8,12-13H2,1H3,(H,29,33). The van der Waals surface area contributed by atoms with E-state index in [9.17, 15) is 22.8 Å². The van der Waals surface area contributed by atoms with Crippen molar-refractivity contribution in [3.63, 3.8) is 0 Å². The smallest absolute Gasteiger partial charge is 0.419 e. The Balaban J connectivity index is 1.22. The van der Waals surface area contributed by atoms with Crippen LogP contribution in [0.15, 0.2) is 41.6 Å². The number of halogens is 3. The van der Waals surface area contributed by atoms with E-state index in [1.54, 1.807) is 28.0 Å². The Bertz CT molecular complexity index is 1230. The van der Waals surface area contributed by atoms with Crippen molar-refractivity contribution in [1.29, 1.82) is 0 Å². The number of H-pyrrole nitrogens is 1. The highest BCUT2D eigenvalue weighted by atomic mass is 19.4. The van der Waals surface area contributed by atoms with Crippen LogP contribution in [0.2, 0.25) is 0 Å². The molecule has 3 aromatic rings. The van der Waals surface area contributed by atoms with E-state index in [0.717, 1.165) is 0 Å². The second-order valence-corrected chi connectivity index (χ2v) is 7.99. The number of fused-ring (bicyclic) bond motifs is 1. The van der Waals surface area contributed by atoms with Crippen LogP contribution in [0.3, 0.4) is 0 Å². The van der Waals surface area contributed by atoms with Crippen LogP contribution in [0, 0.1) is 0 Å². The van der Waals surface area contributed by atoms with Crippen LogP contribution in [-0.4, -0.2) is 76.5 Å². The van der Waals surface area contributed by atoms with Crippen LogP contribution in [0.1, 0.15) is 12.5 Å². The number of nitrogens with one attached hydrogen (secondary N) is 1. The maximum Gasteiger partial charge on any atom is 0.419 e. The van der Waals surface area contributed by atoms with Gasteiger partial charge in [-0.05, 0) is 19.1 Å². The molecule has 186 valence electrons. The zero-order valence-corrected chi connectivity index (χ0v) is 18.8. The number of alkyl halides is 3. The number of carbonyl (C=O) groups is 1. The van der Waals surface area contributed by atoms with Gasteiger partial charge in [0.1, 0.15) is 11.9 Å². The molecule has 1 N–H and O–H groups in total. The summed E-state index contributed by atoms with van der Waals surface area (Å²) < 4.78 is 49.6. The molecule has 0 radical (unpaired) electrons. The van der Waals surface area contributed by atoms with E-state index in [1.165, 1.54) is 6.20 Å². The Morgan fingerprint density at radius 1 is 1.11 bits per heavy atom. The number of piperazine rings is 1. The fourth-order valence-corrected chi connectivity index (χ4v) is 3.62. The van der Waals surface area contributed by atoms with E-state index in [1.807, 2.05) is 6.92 Å². The van der Waals surface area contributed by atoms with Gasteiger partial charge in [-0.2, -0.15) is 18.3 Å². The molecule has 1 aromatic carbocycles. The second kappa shape index (κ2) is 10.3. The summed E-state index contributed by atoms with van der Waals surface area (Å²) in [6.45, 7) is 3.47. The van der Waals surface area contributed by atoms with Crippen molar-refractivity contribution in [2.75, 3.05) is 44.3 Å². The summed E-state index contributed by atoms with van der Waals surface area (Å²) in [7, 11) is 0. The normalized spacial score (nSPS) is 15.5. The molecule has 2 aromatic heterocycles. The van der Waals surface area contributed by atoms with E-state index in [2.05, 4.69) is 20.2 Å². The van der Waals surface area contributed by atoms with E-state index in [0.29, 0.717) is 48.5 Å².